The number of nitro benzene ring substituents is 1. The average molecular weight is 197 g/mol. The molecule has 0 aliphatic heterocycles. The van der Waals surface area contributed by atoms with E-state index in [1.165, 1.54) is 12.1 Å². The largest absolute Gasteiger partial charge is 0.275 e. The molecule has 0 spiro atoms. The SMILES string of the molecule is CC(C)Cc1ccc(F)cc1[N+](=O)[O-]. The second-order valence-corrected chi connectivity index (χ2v) is 3.63. The minimum atomic E-state index is -0.566. The molecule has 14 heavy (non-hydrogen) atoms. The molecule has 0 fully saturated rings. The maximum absolute atomic E-state index is 12.7. The molecule has 0 atom stereocenters. The molecule has 0 bridgehead atoms. The Morgan fingerprint density at radius 2 is 2.14 bits per heavy atom. The lowest BCUT2D eigenvalue weighted by Crippen LogP contribution is -2.00. The van der Waals surface area contributed by atoms with Gasteiger partial charge in [0.2, 0.25) is 0 Å². The van der Waals surface area contributed by atoms with Crippen molar-refractivity contribution in [3.05, 3.63) is 39.7 Å². The van der Waals surface area contributed by atoms with Gasteiger partial charge in [0.15, 0.2) is 0 Å². The topological polar surface area (TPSA) is 43.1 Å². The van der Waals surface area contributed by atoms with Crippen LogP contribution in [0.1, 0.15) is 19.4 Å². The fraction of sp³-hybridized carbons (Fsp3) is 0.400. The van der Waals surface area contributed by atoms with Crippen LogP contribution >= 0.6 is 0 Å². The zero-order valence-electron chi connectivity index (χ0n) is 8.16. The second-order valence-electron chi connectivity index (χ2n) is 3.63. The van der Waals surface area contributed by atoms with Crippen molar-refractivity contribution >= 4 is 5.69 Å². The van der Waals surface area contributed by atoms with Gasteiger partial charge in [-0.05, 0) is 24.5 Å². The van der Waals surface area contributed by atoms with Gasteiger partial charge in [-0.25, -0.2) is 4.39 Å². The van der Waals surface area contributed by atoms with Gasteiger partial charge in [-0.2, -0.15) is 0 Å². The molecule has 0 aromatic heterocycles. The molecule has 4 heteroatoms. The van der Waals surface area contributed by atoms with Crippen LogP contribution in [0.3, 0.4) is 0 Å². The number of benzene rings is 1. The van der Waals surface area contributed by atoms with Crippen LogP contribution in [0, 0.1) is 21.8 Å². The van der Waals surface area contributed by atoms with Gasteiger partial charge in [-0.1, -0.05) is 13.8 Å². The minimum absolute atomic E-state index is 0.126. The highest BCUT2D eigenvalue weighted by molar-refractivity contribution is 5.40. The highest BCUT2D eigenvalue weighted by Gasteiger charge is 2.15. The molecule has 0 aliphatic rings. The first kappa shape index (κ1) is 10.6. The zero-order chi connectivity index (χ0) is 10.7. The summed E-state index contributed by atoms with van der Waals surface area (Å²) in [6.45, 7) is 3.93. The molecule has 0 N–H and O–H groups in total. The fourth-order valence-electron chi connectivity index (χ4n) is 1.32. The Bertz CT molecular complexity index is 350. The van der Waals surface area contributed by atoms with Gasteiger partial charge < -0.3 is 0 Å². The van der Waals surface area contributed by atoms with Gasteiger partial charge in [0.1, 0.15) is 5.82 Å². The molecule has 0 amide bonds. The molecule has 0 heterocycles. The number of rotatable bonds is 3. The third-order valence-corrected chi connectivity index (χ3v) is 1.87. The lowest BCUT2D eigenvalue weighted by molar-refractivity contribution is -0.385. The molecule has 0 unspecified atom stereocenters. The van der Waals surface area contributed by atoms with Crippen LogP contribution in [-0.4, -0.2) is 4.92 Å². The van der Waals surface area contributed by atoms with Crippen molar-refractivity contribution in [2.75, 3.05) is 0 Å². The first-order chi connectivity index (χ1) is 6.50. The number of halogens is 1. The summed E-state index contributed by atoms with van der Waals surface area (Å²) < 4.78 is 12.7. The van der Waals surface area contributed by atoms with Crippen LogP contribution in [0.5, 0.6) is 0 Å². The van der Waals surface area contributed by atoms with Gasteiger partial charge in [-0.15, -0.1) is 0 Å². The molecule has 0 saturated carbocycles. The van der Waals surface area contributed by atoms with Gasteiger partial charge in [0.05, 0.1) is 11.0 Å². The summed E-state index contributed by atoms with van der Waals surface area (Å²) in [6, 6.07) is 3.70. The second kappa shape index (κ2) is 4.17. The lowest BCUT2D eigenvalue weighted by Gasteiger charge is -2.05. The zero-order valence-corrected chi connectivity index (χ0v) is 8.16. The number of hydrogen-bond acceptors (Lipinski definition) is 2. The van der Waals surface area contributed by atoms with Crippen molar-refractivity contribution in [1.82, 2.24) is 0 Å². The minimum Gasteiger partial charge on any atom is -0.258 e. The molecular formula is C10H12FNO2. The summed E-state index contributed by atoms with van der Waals surface area (Å²) in [5, 5.41) is 10.6. The Morgan fingerprint density at radius 3 is 2.64 bits per heavy atom. The van der Waals surface area contributed by atoms with E-state index < -0.39 is 10.7 Å². The smallest absolute Gasteiger partial charge is 0.258 e. The number of hydrogen-bond donors (Lipinski definition) is 0. The van der Waals surface area contributed by atoms with Crippen LogP contribution in [0.15, 0.2) is 18.2 Å². The maximum Gasteiger partial charge on any atom is 0.275 e. The molecule has 1 aromatic rings. The van der Waals surface area contributed by atoms with Crippen LogP contribution < -0.4 is 0 Å². The van der Waals surface area contributed by atoms with E-state index in [0.29, 0.717) is 17.9 Å². The summed E-state index contributed by atoms with van der Waals surface area (Å²) in [5.74, 6) is -0.247. The standard InChI is InChI=1S/C10H12FNO2/c1-7(2)5-8-3-4-9(11)6-10(8)12(13)14/h3-4,6-7H,5H2,1-2H3. The van der Waals surface area contributed by atoms with E-state index in [2.05, 4.69) is 0 Å². The van der Waals surface area contributed by atoms with Crippen molar-refractivity contribution in [2.45, 2.75) is 20.3 Å². The van der Waals surface area contributed by atoms with Gasteiger partial charge in [0, 0.05) is 5.56 Å². The Hall–Kier alpha value is -1.45. The van der Waals surface area contributed by atoms with E-state index in [1.54, 1.807) is 0 Å². The van der Waals surface area contributed by atoms with Crippen molar-refractivity contribution in [3.63, 3.8) is 0 Å². The highest BCUT2D eigenvalue weighted by Crippen LogP contribution is 2.22. The van der Waals surface area contributed by atoms with Gasteiger partial charge >= 0.3 is 0 Å². The van der Waals surface area contributed by atoms with Crippen molar-refractivity contribution in [2.24, 2.45) is 5.92 Å². The number of nitrogens with zero attached hydrogens (tertiary/aromatic N) is 1. The van der Waals surface area contributed by atoms with Crippen molar-refractivity contribution < 1.29 is 9.31 Å². The van der Waals surface area contributed by atoms with E-state index in [0.717, 1.165) is 6.07 Å². The highest BCUT2D eigenvalue weighted by atomic mass is 19.1. The van der Waals surface area contributed by atoms with Crippen LogP contribution in [0.25, 0.3) is 0 Å². The average Bonchev–Trinajstić information content (AvgIpc) is 2.07. The summed E-state index contributed by atoms with van der Waals surface area (Å²) >= 11 is 0. The van der Waals surface area contributed by atoms with E-state index in [9.17, 15) is 14.5 Å². The van der Waals surface area contributed by atoms with Gasteiger partial charge in [0.25, 0.3) is 5.69 Å². The maximum atomic E-state index is 12.7. The molecule has 76 valence electrons. The predicted molar refractivity (Wildman–Crippen MR) is 51.6 cm³/mol. The first-order valence-electron chi connectivity index (χ1n) is 4.43. The summed E-state index contributed by atoms with van der Waals surface area (Å²) in [5.41, 5.74) is 0.463. The van der Waals surface area contributed by atoms with E-state index in [4.69, 9.17) is 0 Å². The lowest BCUT2D eigenvalue weighted by atomic mass is 10.0. The quantitative estimate of drug-likeness (QED) is 0.552. The Balaban J connectivity index is 3.08. The normalized spacial score (nSPS) is 10.6. The third kappa shape index (κ3) is 2.52. The van der Waals surface area contributed by atoms with E-state index >= 15 is 0 Å². The Morgan fingerprint density at radius 1 is 1.50 bits per heavy atom. The molecule has 0 saturated heterocycles. The first-order valence-corrected chi connectivity index (χ1v) is 4.43. The summed E-state index contributed by atoms with van der Waals surface area (Å²) in [4.78, 5) is 10.1. The Labute approximate surface area is 81.7 Å². The summed E-state index contributed by atoms with van der Waals surface area (Å²) in [6.07, 6.45) is 0.594. The Kier molecular flexibility index (Phi) is 3.17. The van der Waals surface area contributed by atoms with Crippen LogP contribution in [0.2, 0.25) is 0 Å². The molecule has 0 aliphatic carbocycles. The van der Waals surface area contributed by atoms with Crippen LogP contribution in [0.4, 0.5) is 10.1 Å². The van der Waals surface area contributed by atoms with E-state index in [-0.39, 0.29) is 5.69 Å². The predicted octanol–water partition coefficient (Wildman–Crippen LogP) is 2.93. The molecular weight excluding hydrogens is 185 g/mol. The molecule has 3 nitrogen and oxygen atoms in total. The van der Waals surface area contributed by atoms with Gasteiger partial charge in [-0.3, -0.25) is 10.1 Å². The monoisotopic (exact) mass is 197 g/mol. The third-order valence-electron chi connectivity index (χ3n) is 1.87. The fourth-order valence-corrected chi connectivity index (χ4v) is 1.32. The van der Waals surface area contributed by atoms with E-state index in [1.807, 2.05) is 13.8 Å². The molecule has 1 rings (SSSR count). The van der Waals surface area contributed by atoms with Crippen molar-refractivity contribution in [1.29, 1.82) is 0 Å². The molecule has 1 aromatic carbocycles. The van der Waals surface area contributed by atoms with Crippen LogP contribution in [-0.2, 0) is 6.42 Å². The van der Waals surface area contributed by atoms with Crippen molar-refractivity contribution in [3.8, 4) is 0 Å². The number of nitro groups is 1. The molecule has 0 radical (unpaired) electrons. The summed E-state index contributed by atoms with van der Waals surface area (Å²) in [7, 11) is 0.